The van der Waals surface area contributed by atoms with E-state index in [2.05, 4.69) is 0 Å². The van der Waals surface area contributed by atoms with Crippen molar-refractivity contribution < 1.29 is 30.7 Å². The van der Waals surface area contributed by atoms with Gasteiger partial charge in [0.2, 0.25) is 0 Å². The summed E-state index contributed by atoms with van der Waals surface area (Å²) in [5, 5.41) is 39.9. The normalized spacial score (nSPS) is 29.1. The average molecular weight is 395 g/mol. The quantitative estimate of drug-likeness (QED) is 0.408. The van der Waals surface area contributed by atoms with Crippen LogP contribution >= 0.6 is 0 Å². The Morgan fingerprint density at radius 1 is 1.14 bits per heavy atom. The van der Waals surface area contributed by atoms with Crippen LogP contribution in [-0.2, 0) is 11.2 Å². The Morgan fingerprint density at radius 3 is 2.57 bits per heavy atom. The molecule has 1 aliphatic carbocycles. The predicted molar refractivity (Wildman–Crippen MR) is 109 cm³/mol. The van der Waals surface area contributed by atoms with Crippen molar-refractivity contribution >= 4 is 5.97 Å². The standard InChI is InChI=1S/C23H34O5/c24-18(13-12-17-8-4-3-5-9-17)14-15-20-19(21(25)16-22(20)26)10-6-1-2-7-11-23(27)28/h1,3-6,8-9,18-22,24-26H,2,7,10-16H2,(H,27,28)/b6-1+/t18-,19+,20+,21-,22+/m0/s1/i2D2,7D2. The van der Waals surface area contributed by atoms with Gasteiger partial charge in [0.1, 0.15) is 0 Å². The third-order valence-electron chi connectivity index (χ3n) is 5.41. The van der Waals surface area contributed by atoms with E-state index in [-0.39, 0.29) is 24.7 Å². The van der Waals surface area contributed by atoms with Gasteiger partial charge in [0.05, 0.1) is 18.3 Å². The van der Waals surface area contributed by atoms with Crippen molar-refractivity contribution in [3.63, 3.8) is 0 Å². The first-order chi connectivity index (χ1) is 14.9. The van der Waals surface area contributed by atoms with Crippen LogP contribution in [0.3, 0.4) is 0 Å². The summed E-state index contributed by atoms with van der Waals surface area (Å²) in [6.45, 7) is 0. The minimum Gasteiger partial charge on any atom is -0.481 e. The number of benzene rings is 1. The van der Waals surface area contributed by atoms with Crippen molar-refractivity contribution in [1.29, 1.82) is 0 Å². The number of carbonyl (C=O) groups is 1. The number of aliphatic hydroxyl groups is 3. The first-order valence-corrected chi connectivity index (χ1v) is 9.90. The molecular formula is C23H34O5. The summed E-state index contributed by atoms with van der Waals surface area (Å²) < 4.78 is 31.2. The van der Waals surface area contributed by atoms with Crippen LogP contribution in [0.25, 0.3) is 0 Å². The molecule has 0 radical (unpaired) electrons. The molecule has 28 heavy (non-hydrogen) atoms. The molecule has 5 nitrogen and oxygen atoms in total. The predicted octanol–water partition coefficient (Wildman–Crippen LogP) is 3.32. The second-order valence-electron chi connectivity index (χ2n) is 7.48. The highest BCUT2D eigenvalue weighted by Crippen LogP contribution is 2.38. The third-order valence-corrected chi connectivity index (χ3v) is 5.41. The van der Waals surface area contributed by atoms with Gasteiger partial charge in [0, 0.05) is 11.9 Å². The summed E-state index contributed by atoms with van der Waals surface area (Å²) in [6, 6.07) is 9.84. The molecule has 1 aromatic rings. The maximum absolute atomic E-state index is 10.8. The lowest BCUT2D eigenvalue weighted by atomic mass is 9.85. The van der Waals surface area contributed by atoms with E-state index in [4.69, 9.17) is 10.6 Å². The Bertz CT molecular complexity index is 756. The monoisotopic (exact) mass is 394 g/mol. The van der Waals surface area contributed by atoms with Crippen LogP contribution < -0.4 is 0 Å². The summed E-state index contributed by atoms with van der Waals surface area (Å²) in [7, 11) is 0. The Morgan fingerprint density at radius 2 is 1.86 bits per heavy atom. The minimum atomic E-state index is -2.58. The van der Waals surface area contributed by atoms with Gasteiger partial charge in [-0.25, -0.2) is 0 Å². The van der Waals surface area contributed by atoms with Gasteiger partial charge in [-0.3, -0.25) is 4.79 Å². The topological polar surface area (TPSA) is 98.0 Å². The molecule has 0 aromatic heterocycles. The molecule has 0 heterocycles. The first-order valence-electron chi connectivity index (χ1n) is 11.9. The summed E-state index contributed by atoms with van der Waals surface area (Å²) in [5.41, 5.74) is 1.14. The SMILES string of the molecule is [2H]C([2H])(/C=C/C[C@@H]1[C@@H](CC[C@@H](O)CCc2ccccc2)[C@H](O)C[C@@H]1O)C([2H])([2H])CC(=O)O. The molecule has 0 spiro atoms. The molecule has 1 fully saturated rings. The fourth-order valence-corrected chi connectivity index (χ4v) is 3.88. The van der Waals surface area contributed by atoms with Crippen molar-refractivity contribution in [3.8, 4) is 0 Å². The second kappa shape index (κ2) is 12.0. The number of carboxylic acids is 1. The lowest BCUT2D eigenvalue weighted by Gasteiger charge is -2.23. The van der Waals surface area contributed by atoms with Crippen LogP contribution in [-0.4, -0.2) is 44.7 Å². The number of rotatable bonds is 12. The Labute approximate surface area is 173 Å². The lowest BCUT2D eigenvalue weighted by molar-refractivity contribution is -0.137. The fourth-order valence-electron chi connectivity index (χ4n) is 3.88. The second-order valence-corrected chi connectivity index (χ2v) is 7.48. The number of aliphatic carboxylic acids is 1. The van der Waals surface area contributed by atoms with Crippen LogP contribution in [0, 0.1) is 11.8 Å². The van der Waals surface area contributed by atoms with E-state index in [9.17, 15) is 20.1 Å². The fraction of sp³-hybridized carbons (Fsp3) is 0.609. The molecule has 1 aromatic carbocycles. The van der Waals surface area contributed by atoms with E-state index in [1.165, 1.54) is 6.08 Å². The Balaban J connectivity index is 1.91. The van der Waals surface area contributed by atoms with Crippen molar-refractivity contribution in [1.82, 2.24) is 0 Å². The van der Waals surface area contributed by atoms with Gasteiger partial charge in [-0.15, -0.1) is 0 Å². The van der Waals surface area contributed by atoms with E-state index in [1.807, 2.05) is 30.3 Å². The lowest BCUT2D eigenvalue weighted by Crippen LogP contribution is -2.23. The van der Waals surface area contributed by atoms with E-state index in [0.29, 0.717) is 19.3 Å². The molecular weight excluding hydrogens is 356 g/mol. The molecule has 2 rings (SSSR count). The highest BCUT2D eigenvalue weighted by atomic mass is 16.4. The molecule has 1 saturated carbocycles. The van der Waals surface area contributed by atoms with Crippen molar-refractivity contribution in [2.75, 3.05) is 0 Å². The van der Waals surface area contributed by atoms with Gasteiger partial charge in [-0.1, -0.05) is 42.5 Å². The highest BCUT2D eigenvalue weighted by molar-refractivity contribution is 5.66. The largest absolute Gasteiger partial charge is 0.481 e. The van der Waals surface area contributed by atoms with E-state index < -0.39 is 43.4 Å². The van der Waals surface area contributed by atoms with Crippen LogP contribution in [0.15, 0.2) is 42.5 Å². The molecule has 0 unspecified atom stereocenters. The van der Waals surface area contributed by atoms with Crippen LogP contribution in [0.5, 0.6) is 0 Å². The molecule has 0 amide bonds. The smallest absolute Gasteiger partial charge is 0.303 e. The minimum absolute atomic E-state index is 0.204. The molecule has 0 aliphatic heterocycles. The number of hydrogen-bond donors (Lipinski definition) is 4. The van der Waals surface area contributed by atoms with Gasteiger partial charge in [0.15, 0.2) is 0 Å². The van der Waals surface area contributed by atoms with Crippen molar-refractivity contribution in [2.24, 2.45) is 11.8 Å². The molecule has 5 atom stereocenters. The van der Waals surface area contributed by atoms with Gasteiger partial charge in [0.25, 0.3) is 0 Å². The number of carboxylic acid groups (broad SMARTS) is 1. The molecule has 4 N–H and O–H groups in total. The maximum Gasteiger partial charge on any atom is 0.303 e. The zero-order chi connectivity index (χ0) is 23.9. The van der Waals surface area contributed by atoms with Gasteiger partial charge in [-0.2, -0.15) is 0 Å². The Hall–Kier alpha value is -1.69. The van der Waals surface area contributed by atoms with Crippen LogP contribution in [0.2, 0.25) is 0 Å². The molecule has 0 saturated heterocycles. The van der Waals surface area contributed by atoms with E-state index in [0.717, 1.165) is 18.1 Å². The van der Waals surface area contributed by atoms with Crippen molar-refractivity contribution in [3.05, 3.63) is 48.0 Å². The van der Waals surface area contributed by atoms with E-state index >= 15 is 0 Å². The molecule has 1 aliphatic rings. The van der Waals surface area contributed by atoms with Gasteiger partial charge >= 0.3 is 5.97 Å². The van der Waals surface area contributed by atoms with Gasteiger partial charge < -0.3 is 20.4 Å². The van der Waals surface area contributed by atoms with Gasteiger partial charge in [-0.05, 0) is 68.7 Å². The zero-order valence-electron chi connectivity index (χ0n) is 20.1. The average Bonchev–Trinajstić information content (AvgIpc) is 2.97. The highest BCUT2D eigenvalue weighted by Gasteiger charge is 2.40. The maximum atomic E-state index is 10.8. The first kappa shape index (κ1) is 17.2. The van der Waals surface area contributed by atoms with Crippen LogP contribution in [0.4, 0.5) is 0 Å². The zero-order valence-corrected chi connectivity index (χ0v) is 16.1. The summed E-state index contributed by atoms with van der Waals surface area (Å²) in [6.07, 6.45) is -2.86. The third kappa shape index (κ3) is 7.74. The number of aliphatic hydroxyl groups excluding tert-OH is 3. The summed E-state index contributed by atoms with van der Waals surface area (Å²) in [4.78, 5) is 10.8. The number of allylic oxidation sites excluding steroid dienone is 2. The molecule has 0 bridgehead atoms. The molecule has 156 valence electrons. The van der Waals surface area contributed by atoms with Crippen molar-refractivity contribution in [2.45, 2.75) is 76.0 Å². The summed E-state index contributed by atoms with van der Waals surface area (Å²) >= 11 is 0. The molecule has 5 heteroatoms. The Kier molecular flexibility index (Phi) is 7.37. The van der Waals surface area contributed by atoms with E-state index in [1.54, 1.807) is 0 Å². The number of hydrogen-bond acceptors (Lipinski definition) is 4. The summed E-state index contributed by atoms with van der Waals surface area (Å²) in [5.74, 6) is -2.03. The van der Waals surface area contributed by atoms with Crippen LogP contribution in [0.1, 0.15) is 62.3 Å². The number of aryl methyl sites for hydroxylation is 1.